The van der Waals surface area contributed by atoms with Crippen molar-refractivity contribution in [2.24, 2.45) is 0 Å². The molecule has 0 aliphatic carbocycles. The summed E-state index contributed by atoms with van der Waals surface area (Å²) in [6.07, 6.45) is 1.75. The highest BCUT2D eigenvalue weighted by atomic mass is 19.4. The van der Waals surface area contributed by atoms with Crippen molar-refractivity contribution in [2.45, 2.75) is 51.9 Å². The van der Waals surface area contributed by atoms with Crippen molar-refractivity contribution in [1.82, 2.24) is 24.6 Å². The summed E-state index contributed by atoms with van der Waals surface area (Å²) in [6.45, 7) is 5.17. The van der Waals surface area contributed by atoms with Crippen molar-refractivity contribution < 1.29 is 22.7 Å². The summed E-state index contributed by atoms with van der Waals surface area (Å²) in [7, 11) is 0. The molecule has 34 heavy (non-hydrogen) atoms. The maximum absolute atomic E-state index is 13.4. The van der Waals surface area contributed by atoms with E-state index < -0.39 is 11.7 Å². The van der Waals surface area contributed by atoms with Gasteiger partial charge in [0.1, 0.15) is 0 Å². The molecule has 180 valence electrons. The van der Waals surface area contributed by atoms with Crippen LogP contribution in [0.4, 0.5) is 13.2 Å². The van der Waals surface area contributed by atoms with E-state index >= 15 is 0 Å². The van der Waals surface area contributed by atoms with Gasteiger partial charge >= 0.3 is 6.18 Å². The number of rotatable bonds is 7. The van der Waals surface area contributed by atoms with E-state index in [0.29, 0.717) is 31.1 Å². The molecule has 0 saturated carbocycles. The minimum atomic E-state index is -4.46. The van der Waals surface area contributed by atoms with Crippen LogP contribution >= 0.6 is 0 Å². The molecule has 7 nitrogen and oxygen atoms in total. The summed E-state index contributed by atoms with van der Waals surface area (Å²) in [6, 6.07) is 6.01. The molecule has 1 aliphatic rings. The van der Waals surface area contributed by atoms with E-state index in [0.717, 1.165) is 36.2 Å². The lowest BCUT2D eigenvalue weighted by Crippen LogP contribution is -2.38. The third kappa shape index (κ3) is 5.44. The molecule has 3 aromatic rings. The Morgan fingerprint density at radius 2 is 2.06 bits per heavy atom. The Morgan fingerprint density at radius 1 is 1.24 bits per heavy atom. The molecule has 0 bridgehead atoms. The number of hydrogen-bond donors (Lipinski definition) is 0. The van der Waals surface area contributed by atoms with Gasteiger partial charge in [0, 0.05) is 49.5 Å². The van der Waals surface area contributed by atoms with E-state index in [-0.39, 0.29) is 24.2 Å². The normalized spacial score (nSPS) is 16.1. The minimum Gasteiger partial charge on any atom is -0.376 e. The molecule has 1 saturated heterocycles. The first-order valence-corrected chi connectivity index (χ1v) is 11.1. The fraction of sp³-hybridized carbons (Fsp3) is 0.417. The molecule has 3 aromatic heterocycles. The van der Waals surface area contributed by atoms with Crippen molar-refractivity contribution in [3.8, 4) is 5.82 Å². The summed E-state index contributed by atoms with van der Waals surface area (Å²) >= 11 is 0. The highest BCUT2D eigenvalue weighted by Crippen LogP contribution is 2.29. The predicted molar refractivity (Wildman–Crippen MR) is 118 cm³/mol. The summed E-state index contributed by atoms with van der Waals surface area (Å²) in [4.78, 5) is 23.2. The van der Waals surface area contributed by atoms with Crippen LogP contribution in [-0.2, 0) is 28.7 Å². The van der Waals surface area contributed by atoms with E-state index in [1.807, 2.05) is 12.1 Å². The van der Waals surface area contributed by atoms with Crippen LogP contribution < -0.4 is 0 Å². The molecule has 1 atom stereocenters. The van der Waals surface area contributed by atoms with Crippen molar-refractivity contribution >= 4 is 5.91 Å². The van der Waals surface area contributed by atoms with Crippen molar-refractivity contribution in [1.29, 1.82) is 0 Å². The molecule has 1 amide bonds. The van der Waals surface area contributed by atoms with E-state index in [1.54, 1.807) is 31.1 Å². The monoisotopic (exact) mass is 473 g/mol. The Morgan fingerprint density at radius 3 is 2.68 bits per heavy atom. The Labute approximate surface area is 195 Å². The van der Waals surface area contributed by atoms with Gasteiger partial charge in [-0.15, -0.1) is 0 Å². The Bertz CT molecular complexity index is 1120. The van der Waals surface area contributed by atoms with Gasteiger partial charge in [-0.2, -0.15) is 18.3 Å². The first kappa shape index (κ1) is 23.9. The Hall–Kier alpha value is -3.27. The average Bonchev–Trinajstić information content (AvgIpc) is 3.42. The lowest BCUT2D eigenvalue weighted by molar-refractivity contribution is -0.137. The summed E-state index contributed by atoms with van der Waals surface area (Å²) in [5.41, 5.74) is 2.12. The zero-order valence-electron chi connectivity index (χ0n) is 19.0. The zero-order chi connectivity index (χ0) is 24.3. The van der Waals surface area contributed by atoms with Gasteiger partial charge in [-0.1, -0.05) is 6.07 Å². The van der Waals surface area contributed by atoms with Crippen LogP contribution in [0.1, 0.15) is 40.9 Å². The van der Waals surface area contributed by atoms with Gasteiger partial charge in [0.25, 0.3) is 0 Å². The smallest absolute Gasteiger partial charge is 0.376 e. The van der Waals surface area contributed by atoms with Crippen LogP contribution in [0.15, 0.2) is 42.9 Å². The van der Waals surface area contributed by atoms with Gasteiger partial charge in [-0.25, -0.2) is 9.67 Å². The quantitative estimate of drug-likeness (QED) is 0.518. The third-order valence-electron chi connectivity index (χ3n) is 5.96. The van der Waals surface area contributed by atoms with Gasteiger partial charge in [0.05, 0.1) is 23.8 Å². The number of carbonyl (C=O) groups excluding carboxylic acids is 1. The van der Waals surface area contributed by atoms with Crippen LogP contribution in [0, 0.1) is 13.8 Å². The van der Waals surface area contributed by atoms with E-state index in [1.165, 1.54) is 10.7 Å². The maximum Gasteiger partial charge on any atom is 0.417 e. The number of ether oxygens (including phenoxy) is 1. The van der Waals surface area contributed by atoms with Crippen molar-refractivity contribution in [3.05, 3.63) is 70.9 Å². The molecule has 0 N–H and O–H groups in total. The van der Waals surface area contributed by atoms with Crippen LogP contribution in [0.25, 0.3) is 5.82 Å². The summed E-state index contributed by atoms with van der Waals surface area (Å²) < 4.78 is 45.8. The first-order chi connectivity index (χ1) is 16.2. The molecular weight excluding hydrogens is 447 g/mol. The molecule has 10 heteroatoms. The zero-order valence-corrected chi connectivity index (χ0v) is 19.0. The second kappa shape index (κ2) is 9.92. The highest BCUT2D eigenvalue weighted by Gasteiger charge is 2.31. The number of aryl methyl sites for hydroxylation is 1. The number of nitrogens with zero attached hydrogens (tertiary/aromatic N) is 5. The molecule has 4 heterocycles. The van der Waals surface area contributed by atoms with Gasteiger partial charge in [-0.05, 0) is 50.5 Å². The van der Waals surface area contributed by atoms with Crippen LogP contribution in [0.3, 0.4) is 0 Å². The van der Waals surface area contributed by atoms with Gasteiger partial charge in [0.15, 0.2) is 5.82 Å². The highest BCUT2D eigenvalue weighted by molar-refractivity contribution is 5.79. The SMILES string of the molecule is Cc1nn(-c2ccc(C(F)(F)F)cn2)c(C)c1CC(=O)N(Cc1cccnc1)CC1CCCO1. The van der Waals surface area contributed by atoms with E-state index in [2.05, 4.69) is 15.1 Å². The Balaban J connectivity index is 1.55. The molecule has 1 aliphatic heterocycles. The molecule has 0 spiro atoms. The third-order valence-corrected chi connectivity index (χ3v) is 5.96. The number of carbonyl (C=O) groups is 1. The molecule has 1 unspecified atom stereocenters. The molecule has 0 radical (unpaired) electrons. The lowest BCUT2D eigenvalue weighted by Gasteiger charge is -2.25. The fourth-order valence-corrected chi connectivity index (χ4v) is 4.10. The van der Waals surface area contributed by atoms with Crippen LogP contribution in [0.5, 0.6) is 0 Å². The second-order valence-electron chi connectivity index (χ2n) is 8.41. The standard InChI is InChI=1S/C24H26F3N5O2/c1-16-21(17(2)32(30-16)22-8-7-19(13-29-22)24(25,26)27)11-23(33)31(15-20-6-4-10-34-20)14-18-5-3-9-28-12-18/h3,5,7-9,12-13,20H,4,6,10-11,14-15H2,1-2H3. The lowest BCUT2D eigenvalue weighted by atomic mass is 10.1. The summed E-state index contributed by atoms with van der Waals surface area (Å²) in [5.74, 6) is 0.185. The van der Waals surface area contributed by atoms with Gasteiger partial charge < -0.3 is 9.64 Å². The van der Waals surface area contributed by atoms with E-state index in [4.69, 9.17) is 4.74 Å². The number of amides is 1. The van der Waals surface area contributed by atoms with E-state index in [9.17, 15) is 18.0 Å². The molecule has 4 rings (SSSR count). The second-order valence-corrected chi connectivity index (χ2v) is 8.41. The minimum absolute atomic E-state index is 0.00175. The molecule has 1 fully saturated rings. The van der Waals surface area contributed by atoms with Crippen LogP contribution in [0.2, 0.25) is 0 Å². The Kier molecular flexibility index (Phi) is 6.97. The van der Waals surface area contributed by atoms with Gasteiger partial charge in [0.2, 0.25) is 5.91 Å². The van der Waals surface area contributed by atoms with Gasteiger partial charge in [-0.3, -0.25) is 9.78 Å². The number of hydrogen-bond acceptors (Lipinski definition) is 5. The average molecular weight is 473 g/mol. The largest absolute Gasteiger partial charge is 0.417 e. The number of halogens is 3. The predicted octanol–water partition coefficient (Wildman–Crippen LogP) is 4.05. The number of pyridine rings is 2. The first-order valence-electron chi connectivity index (χ1n) is 11.1. The fourth-order valence-electron chi connectivity index (χ4n) is 4.10. The van der Waals surface area contributed by atoms with Crippen LogP contribution in [-0.4, -0.2) is 49.8 Å². The molecular formula is C24H26F3N5O2. The summed E-state index contributed by atoms with van der Waals surface area (Å²) in [5, 5.41) is 4.44. The van der Waals surface area contributed by atoms with Crippen molar-refractivity contribution in [3.63, 3.8) is 0 Å². The van der Waals surface area contributed by atoms with Crippen molar-refractivity contribution in [2.75, 3.05) is 13.2 Å². The number of aromatic nitrogens is 4. The molecule has 0 aromatic carbocycles. The number of alkyl halides is 3. The maximum atomic E-state index is 13.4. The topological polar surface area (TPSA) is 73.1 Å².